The van der Waals surface area contributed by atoms with E-state index in [1.165, 1.54) is 12.8 Å². The molecule has 0 radical (unpaired) electrons. The third kappa shape index (κ3) is 2.74. The van der Waals surface area contributed by atoms with Crippen LogP contribution in [0.15, 0.2) is 0 Å². The molecule has 0 amide bonds. The van der Waals surface area contributed by atoms with Crippen LogP contribution >= 0.6 is 0 Å². The number of likely N-dealkylation sites (tertiary alicyclic amines) is 2. The predicted molar refractivity (Wildman–Crippen MR) is 62.4 cm³/mol. The van der Waals surface area contributed by atoms with Crippen molar-refractivity contribution in [3.63, 3.8) is 0 Å². The smallest absolute Gasteiger partial charge is 0.308 e. The Morgan fingerprint density at radius 2 is 2.06 bits per heavy atom. The second kappa shape index (κ2) is 5.15. The summed E-state index contributed by atoms with van der Waals surface area (Å²) in [6.07, 6.45) is 3.51. The zero-order valence-electron chi connectivity index (χ0n) is 10.1. The fourth-order valence-corrected chi connectivity index (χ4v) is 2.97. The molecule has 92 valence electrons. The average molecular weight is 226 g/mol. The highest BCUT2D eigenvalue weighted by Gasteiger charge is 2.34. The summed E-state index contributed by atoms with van der Waals surface area (Å²) in [5.74, 6) is -0.418. The van der Waals surface area contributed by atoms with Crippen molar-refractivity contribution < 1.29 is 9.90 Å². The van der Waals surface area contributed by atoms with E-state index < -0.39 is 5.97 Å². The van der Waals surface area contributed by atoms with Gasteiger partial charge in [0.15, 0.2) is 0 Å². The molecule has 2 rings (SSSR count). The SMILES string of the molecule is CN1CCC(C(CN2CCCC2)C(=O)O)C1. The second-order valence-electron chi connectivity index (χ2n) is 5.26. The molecule has 0 aromatic carbocycles. The maximum Gasteiger partial charge on any atom is 0.308 e. The average Bonchev–Trinajstić information content (AvgIpc) is 2.84. The van der Waals surface area contributed by atoms with E-state index in [1.807, 2.05) is 0 Å². The van der Waals surface area contributed by atoms with Gasteiger partial charge in [0.05, 0.1) is 5.92 Å². The lowest BCUT2D eigenvalue weighted by Crippen LogP contribution is -2.36. The van der Waals surface area contributed by atoms with E-state index in [2.05, 4.69) is 16.8 Å². The maximum atomic E-state index is 11.3. The third-order valence-electron chi connectivity index (χ3n) is 3.97. The minimum absolute atomic E-state index is 0.164. The molecule has 0 aromatic rings. The van der Waals surface area contributed by atoms with Crippen LogP contribution in [0.25, 0.3) is 0 Å². The van der Waals surface area contributed by atoms with Crippen LogP contribution < -0.4 is 0 Å². The van der Waals surface area contributed by atoms with Gasteiger partial charge in [-0.15, -0.1) is 0 Å². The summed E-state index contributed by atoms with van der Waals surface area (Å²) < 4.78 is 0. The summed E-state index contributed by atoms with van der Waals surface area (Å²) in [5, 5.41) is 9.34. The molecule has 2 aliphatic heterocycles. The van der Waals surface area contributed by atoms with Gasteiger partial charge in [0.2, 0.25) is 0 Å². The number of carbonyl (C=O) groups is 1. The number of hydrogen-bond donors (Lipinski definition) is 1. The number of aliphatic carboxylic acids is 1. The van der Waals surface area contributed by atoms with E-state index in [4.69, 9.17) is 0 Å². The van der Waals surface area contributed by atoms with Crippen molar-refractivity contribution in [1.82, 2.24) is 9.80 Å². The van der Waals surface area contributed by atoms with Crippen molar-refractivity contribution in [2.45, 2.75) is 19.3 Å². The lowest BCUT2D eigenvalue weighted by atomic mass is 9.91. The Kier molecular flexibility index (Phi) is 3.82. The van der Waals surface area contributed by atoms with Crippen molar-refractivity contribution in [3.8, 4) is 0 Å². The van der Waals surface area contributed by atoms with E-state index >= 15 is 0 Å². The first kappa shape index (κ1) is 11.9. The first-order valence-corrected chi connectivity index (χ1v) is 6.30. The molecule has 2 aliphatic rings. The molecule has 16 heavy (non-hydrogen) atoms. The molecule has 1 N–H and O–H groups in total. The van der Waals surface area contributed by atoms with Crippen LogP contribution in [0.2, 0.25) is 0 Å². The fourth-order valence-electron chi connectivity index (χ4n) is 2.97. The van der Waals surface area contributed by atoms with E-state index in [0.29, 0.717) is 5.92 Å². The molecule has 4 heteroatoms. The van der Waals surface area contributed by atoms with Crippen LogP contribution in [0.4, 0.5) is 0 Å². The monoisotopic (exact) mass is 226 g/mol. The topological polar surface area (TPSA) is 43.8 Å². The van der Waals surface area contributed by atoms with Crippen LogP contribution in [-0.4, -0.2) is 60.6 Å². The number of hydrogen-bond acceptors (Lipinski definition) is 3. The van der Waals surface area contributed by atoms with Gasteiger partial charge in [-0.1, -0.05) is 0 Å². The van der Waals surface area contributed by atoms with Gasteiger partial charge in [-0.2, -0.15) is 0 Å². The molecule has 2 heterocycles. The zero-order valence-corrected chi connectivity index (χ0v) is 10.1. The Morgan fingerprint density at radius 1 is 1.38 bits per heavy atom. The second-order valence-corrected chi connectivity index (χ2v) is 5.26. The van der Waals surface area contributed by atoms with Gasteiger partial charge in [-0.25, -0.2) is 0 Å². The molecule has 2 atom stereocenters. The first-order valence-electron chi connectivity index (χ1n) is 6.30. The molecule has 2 saturated heterocycles. The summed E-state index contributed by atoms with van der Waals surface area (Å²) in [7, 11) is 2.08. The lowest BCUT2D eigenvalue weighted by Gasteiger charge is -2.24. The van der Waals surface area contributed by atoms with Gasteiger partial charge in [0.1, 0.15) is 0 Å². The summed E-state index contributed by atoms with van der Waals surface area (Å²) in [6.45, 7) is 4.94. The summed E-state index contributed by atoms with van der Waals surface area (Å²) in [4.78, 5) is 15.9. The van der Waals surface area contributed by atoms with Crippen LogP contribution in [0.1, 0.15) is 19.3 Å². The lowest BCUT2D eigenvalue weighted by molar-refractivity contribution is -0.144. The van der Waals surface area contributed by atoms with E-state index in [1.54, 1.807) is 0 Å². The van der Waals surface area contributed by atoms with Crippen molar-refractivity contribution in [1.29, 1.82) is 0 Å². The van der Waals surface area contributed by atoms with Crippen molar-refractivity contribution in [2.24, 2.45) is 11.8 Å². The molecular weight excluding hydrogens is 204 g/mol. The van der Waals surface area contributed by atoms with Crippen LogP contribution in [-0.2, 0) is 4.79 Å². The van der Waals surface area contributed by atoms with Gasteiger partial charge >= 0.3 is 5.97 Å². The number of nitrogens with zero attached hydrogens (tertiary/aromatic N) is 2. The van der Waals surface area contributed by atoms with Gasteiger partial charge in [-0.3, -0.25) is 4.79 Å². The van der Waals surface area contributed by atoms with Crippen LogP contribution in [0.3, 0.4) is 0 Å². The van der Waals surface area contributed by atoms with Gasteiger partial charge in [0.25, 0.3) is 0 Å². The highest BCUT2D eigenvalue weighted by molar-refractivity contribution is 5.70. The van der Waals surface area contributed by atoms with Crippen molar-refractivity contribution >= 4 is 5.97 Å². The fraction of sp³-hybridized carbons (Fsp3) is 0.917. The molecule has 4 nitrogen and oxygen atoms in total. The third-order valence-corrected chi connectivity index (χ3v) is 3.97. The summed E-state index contributed by atoms with van der Waals surface area (Å²) in [5.41, 5.74) is 0. The Bertz CT molecular complexity index is 251. The molecule has 0 bridgehead atoms. The highest BCUT2D eigenvalue weighted by Crippen LogP contribution is 2.25. The maximum absolute atomic E-state index is 11.3. The predicted octanol–water partition coefficient (Wildman–Crippen LogP) is 0.735. The molecule has 0 saturated carbocycles. The molecule has 0 spiro atoms. The van der Waals surface area contributed by atoms with E-state index in [0.717, 1.165) is 39.1 Å². The zero-order chi connectivity index (χ0) is 11.5. The molecule has 0 aromatic heterocycles. The minimum Gasteiger partial charge on any atom is -0.481 e. The summed E-state index contributed by atoms with van der Waals surface area (Å²) >= 11 is 0. The Balaban J connectivity index is 1.91. The van der Waals surface area contributed by atoms with Gasteiger partial charge in [-0.05, 0) is 51.9 Å². The highest BCUT2D eigenvalue weighted by atomic mass is 16.4. The standard InChI is InChI=1S/C12H22N2O2/c1-13-7-4-10(8-13)11(12(15)16)9-14-5-2-3-6-14/h10-11H,2-9H2,1H3,(H,15,16). The van der Waals surface area contributed by atoms with E-state index in [9.17, 15) is 9.90 Å². The number of carboxylic acid groups (broad SMARTS) is 1. The van der Waals surface area contributed by atoms with Crippen LogP contribution in [0.5, 0.6) is 0 Å². The number of rotatable bonds is 4. The van der Waals surface area contributed by atoms with Crippen molar-refractivity contribution in [3.05, 3.63) is 0 Å². The van der Waals surface area contributed by atoms with Crippen molar-refractivity contribution in [2.75, 3.05) is 39.8 Å². The van der Waals surface area contributed by atoms with E-state index in [-0.39, 0.29) is 5.92 Å². The molecule has 2 unspecified atom stereocenters. The van der Waals surface area contributed by atoms with Crippen LogP contribution in [0, 0.1) is 11.8 Å². The molecule has 2 fully saturated rings. The molecule has 0 aliphatic carbocycles. The summed E-state index contributed by atoms with van der Waals surface area (Å²) in [6, 6.07) is 0. The minimum atomic E-state index is -0.604. The Morgan fingerprint density at radius 3 is 2.56 bits per heavy atom. The Labute approximate surface area is 97.2 Å². The normalized spacial score (nSPS) is 29.7. The largest absolute Gasteiger partial charge is 0.481 e. The number of carboxylic acids is 1. The quantitative estimate of drug-likeness (QED) is 0.767. The van der Waals surface area contributed by atoms with Gasteiger partial charge < -0.3 is 14.9 Å². The van der Waals surface area contributed by atoms with Gasteiger partial charge in [0, 0.05) is 13.1 Å². The Hall–Kier alpha value is -0.610. The first-order chi connectivity index (χ1) is 7.66. The molecular formula is C12H22N2O2.